The number of likely N-dealkylation sites (N-methyl/N-ethyl adjacent to an activating group) is 2. The predicted molar refractivity (Wildman–Crippen MR) is 427 cm³/mol. The number of rotatable bonds is 23. The third-order valence-corrected chi connectivity index (χ3v) is 15.4. The van der Waals surface area contributed by atoms with Crippen molar-refractivity contribution in [2.45, 2.75) is 124 Å². The summed E-state index contributed by atoms with van der Waals surface area (Å²) in [5.74, 6) is -6.90. The van der Waals surface area contributed by atoms with E-state index in [4.69, 9.17) is 39.2 Å². The van der Waals surface area contributed by atoms with Gasteiger partial charge in [0.25, 0.3) is 6.47 Å². The molecule has 44 heteroatoms. The second-order valence-electron chi connectivity index (χ2n) is 27.5. The molecule has 8 rings (SSSR count). The summed E-state index contributed by atoms with van der Waals surface area (Å²) in [6, 6.07) is 36.7. The van der Waals surface area contributed by atoms with Gasteiger partial charge in [0.15, 0.2) is 0 Å². The number of ether oxygens (including phenoxy) is 5. The van der Waals surface area contributed by atoms with E-state index in [0.717, 1.165) is 70.8 Å². The molecule has 0 aliphatic heterocycles. The number of carbonyl (C=O) groups is 10. The van der Waals surface area contributed by atoms with Crippen LogP contribution in [0.5, 0.6) is 23.0 Å². The number of carboxylic acid groups (broad SMARTS) is 4. The average molecular weight is 1890 g/mol. The summed E-state index contributed by atoms with van der Waals surface area (Å²) in [5.41, 5.74) is 0.352. The van der Waals surface area contributed by atoms with Gasteiger partial charge in [-0.25, -0.2) is 28.8 Å². The summed E-state index contributed by atoms with van der Waals surface area (Å²) in [6.07, 6.45) is -17.6. The van der Waals surface area contributed by atoms with Crippen LogP contribution in [0, 0.1) is 0 Å². The Hall–Kier alpha value is -10.6. The van der Waals surface area contributed by atoms with Crippen LogP contribution in [0.4, 0.5) is 85.0 Å². The zero-order valence-electron chi connectivity index (χ0n) is 71.2. The molecule has 0 heterocycles. The number of alkyl halides is 12. The summed E-state index contributed by atoms with van der Waals surface area (Å²) in [7, 11) is 3.47. The van der Waals surface area contributed by atoms with E-state index in [1.54, 1.807) is 89.0 Å². The van der Waals surface area contributed by atoms with Crippen molar-refractivity contribution < 1.29 is 243 Å². The van der Waals surface area contributed by atoms with Crippen molar-refractivity contribution in [1.82, 2.24) is 0 Å². The van der Waals surface area contributed by atoms with E-state index in [2.05, 4.69) is 26.5 Å². The number of anilines is 3. The molecule has 9 N–H and O–H groups in total. The normalized spacial score (nSPS) is 10.6. The van der Waals surface area contributed by atoms with E-state index in [1.807, 2.05) is 0 Å². The Balaban J connectivity index is -0.000000734. The zero-order valence-corrected chi connectivity index (χ0v) is 76.5. The Bertz CT molecular complexity index is 4830. The minimum absolute atomic E-state index is 0. The molecule has 0 aliphatic rings. The molecule has 0 unspecified atom stereocenters. The fraction of sp³-hybridized carbons (Fsp3) is 0.301. The van der Waals surface area contributed by atoms with Crippen LogP contribution in [0.1, 0.15) is 150 Å². The van der Waals surface area contributed by atoms with Gasteiger partial charge in [-0.1, -0.05) is 48.5 Å². The number of nitrogens with one attached hydrogen (secondary N) is 1. The van der Waals surface area contributed by atoms with Gasteiger partial charge in [-0.3, -0.25) is 19.2 Å². The maximum Gasteiger partial charge on any atom is 1.00 e. The molecule has 27 nitrogen and oxygen atoms in total. The SMILES string of the molecule is CC(=O)Cl.CC(=O)Oc1ccc(N(C)CCc2ccc(C(F)(F)F)cc2)cc1C(=O)O.CC(=O)Oc1ccc([NH2+]CCc2ccc(C(F)(F)F)cc2)cc1C(=O)O.CC(C)(C)OC(=O)OC(=O)OC(C)(C)C.CN(CCc1ccc(C(F)(F)F)cc1)c1ccc(O)c(C(=O)O)c1.Cl.O=C(O)c1cc(NCCc2ccc(C(F)(F)F)cc2)ccc1O.O=CO[O-].[Cl-].[H-].[Na+].[Na+]. The molecule has 0 amide bonds. The first-order valence-corrected chi connectivity index (χ1v) is 36.1. The van der Waals surface area contributed by atoms with Gasteiger partial charge in [-0.15, -0.1) is 12.4 Å². The standard InChI is InChI=1S/C19H18F3NO4.C18H16F3NO4.C17H16F3NO3.C16H14F3NO3.C10H18O5.C2H3ClO.CH2O3.2ClH.2Na.H/c1-12(24)27-17-8-7-15(11-16(17)18(25)26)23(2)10-9-13-3-5-14(6-4-13)19(20,21)22;1-11(23)26-16-7-6-14(10-15(16)17(24)25)22-9-8-12-2-4-13(5-3-12)18(19,20)21;1-21(13-6-7-15(22)14(10-13)16(23)24)9-8-11-2-4-12(5-3-11)17(18,19)20;17-16(18,19)11-3-1-10(2-4-11)7-8-20-12-5-6-14(21)13(9-12)15(22)23;1-9(2,3)14-7(11)13-8(12)15-10(4,5)6;1-2(3)4;2-1-4-3;;;;;/h3-8,11H,9-10H2,1-2H3,(H,25,26);2-7,10,22H,8-9H2,1H3,(H,24,25);2-7,10,22H,8-9H2,1H3,(H,23,24);1-6,9,20-21H,7-8H2,(H,22,23);1-6H3;1H3;1,3H;2*1H;;;/q;;;;;;;;;2*+1;-1/p-1. The molecular weight excluding hydrogens is 1800 g/mol. The Morgan fingerprint density at radius 1 is 0.457 bits per heavy atom. The molecule has 0 atom stereocenters. The number of esters is 2. The first kappa shape index (κ1) is 121. The number of benzene rings is 8. The van der Waals surface area contributed by atoms with Crippen molar-refractivity contribution in [3.8, 4) is 23.0 Å². The fourth-order valence-corrected chi connectivity index (χ4v) is 9.66. The van der Waals surface area contributed by atoms with Crippen molar-refractivity contribution in [1.29, 1.82) is 0 Å². The van der Waals surface area contributed by atoms with Gasteiger partial charge < -0.3 is 98.7 Å². The molecule has 8 aromatic rings. The average Bonchev–Trinajstić information content (AvgIpc) is 0.877. The molecule has 0 saturated heterocycles. The summed E-state index contributed by atoms with van der Waals surface area (Å²) < 4.78 is 174. The van der Waals surface area contributed by atoms with Gasteiger partial charge in [0, 0.05) is 90.1 Å². The van der Waals surface area contributed by atoms with E-state index in [0.29, 0.717) is 74.6 Å². The zero-order chi connectivity index (χ0) is 93.7. The van der Waals surface area contributed by atoms with E-state index < -0.39 is 106 Å². The third-order valence-electron chi connectivity index (χ3n) is 15.4. The molecule has 0 bridgehead atoms. The van der Waals surface area contributed by atoms with Crippen LogP contribution in [-0.4, -0.2) is 142 Å². The maximum absolute atomic E-state index is 12.6. The molecule has 0 saturated carbocycles. The topological polar surface area (TPSA) is 406 Å². The number of carboxylic acids is 4. The van der Waals surface area contributed by atoms with Crippen molar-refractivity contribution in [3.05, 3.63) is 237 Å². The summed E-state index contributed by atoms with van der Waals surface area (Å²) >= 11 is 4.64. The van der Waals surface area contributed by atoms with E-state index in [-0.39, 0.29) is 142 Å². The Labute approximate surface area is 783 Å². The number of hydrogen-bond acceptors (Lipinski definition) is 22. The maximum atomic E-state index is 12.6. The van der Waals surface area contributed by atoms with Crippen LogP contribution in [0.2, 0.25) is 0 Å². The van der Waals surface area contributed by atoms with Crippen LogP contribution in [0.25, 0.3) is 0 Å². The van der Waals surface area contributed by atoms with Crippen molar-refractivity contribution in [3.63, 3.8) is 0 Å². The first-order valence-electron chi connectivity index (χ1n) is 35.7. The summed E-state index contributed by atoms with van der Waals surface area (Å²) in [4.78, 5) is 113. The van der Waals surface area contributed by atoms with Gasteiger partial charge in [-0.05, 0) is 204 Å². The minimum atomic E-state index is -4.37. The van der Waals surface area contributed by atoms with Gasteiger partial charge in [0.05, 0.1) is 28.8 Å². The Morgan fingerprint density at radius 3 is 1.06 bits per heavy atom. The van der Waals surface area contributed by atoms with E-state index >= 15 is 0 Å². The molecule has 0 aromatic heterocycles. The van der Waals surface area contributed by atoms with Crippen molar-refractivity contribution in [2.75, 3.05) is 55.4 Å². The van der Waals surface area contributed by atoms with Crippen molar-refractivity contribution in [2.24, 2.45) is 0 Å². The largest absolute Gasteiger partial charge is 1.00 e. The molecule has 8 aromatic carbocycles. The van der Waals surface area contributed by atoms with Gasteiger partial charge in [0.2, 0.25) is 5.24 Å². The van der Waals surface area contributed by atoms with Crippen LogP contribution in [-0.2, 0) is 88.7 Å². The molecular formula is C83H89Cl3F12N4Na2O23. The van der Waals surface area contributed by atoms with Gasteiger partial charge in [0.1, 0.15) is 62.1 Å². The predicted octanol–water partition coefficient (Wildman–Crippen LogP) is 7.95. The fourth-order valence-electron chi connectivity index (χ4n) is 9.66. The Kier molecular flexibility index (Phi) is 53.7. The molecule has 0 radical (unpaired) electrons. The number of hydrogen-bond donors (Lipinski definition) is 8. The van der Waals surface area contributed by atoms with Crippen molar-refractivity contribution >= 4 is 107 Å². The Morgan fingerprint density at radius 2 is 0.748 bits per heavy atom. The molecule has 0 aliphatic carbocycles. The van der Waals surface area contributed by atoms with Crippen LogP contribution in [0.15, 0.2) is 170 Å². The number of aromatic carboxylic acids is 4. The molecule has 127 heavy (non-hydrogen) atoms. The van der Waals surface area contributed by atoms with Crippen LogP contribution in [0.3, 0.4) is 0 Å². The first-order chi connectivity index (χ1) is 56.8. The number of halogens is 15. The molecule has 0 fully saturated rings. The molecule has 686 valence electrons. The quantitative estimate of drug-likeness (QED) is 0.00257. The summed E-state index contributed by atoms with van der Waals surface area (Å²) in [6.45, 7) is 15.3. The minimum Gasteiger partial charge on any atom is -1.00 e. The molecule has 0 spiro atoms. The van der Waals surface area contributed by atoms with Gasteiger partial charge >= 0.3 is 132 Å². The number of nitrogens with two attached hydrogens (primary N) is 1. The van der Waals surface area contributed by atoms with Crippen LogP contribution < -0.4 is 107 Å². The number of nitrogens with zero attached hydrogens (tertiary/aromatic N) is 2. The smallest absolute Gasteiger partial charge is 1.00 e. The number of aromatic hydroxyl groups is 2. The number of phenols is 2. The summed E-state index contributed by atoms with van der Waals surface area (Å²) in [5, 5.41) is 68.1. The van der Waals surface area contributed by atoms with Gasteiger partial charge in [-0.2, -0.15) is 52.7 Å². The van der Waals surface area contributed by atoms with E-state index in [9.17, 15) is 116 Å². The third kappa shape index (κ3) is 48.8. The monoisotopic (exact) mass is 1890 g/mol. The number of carbonyl (C=O) groups excluding carboxylic acids is 6. The second-order valence-corrected chi connectivity index (χ2v) is 28.0. The number of quaternary nitrogens is 1. The van der Waals surface area contributed by atoms with E-state index in [1.165, 1.54) is 124 Å². The van der Waals surface area contributed by atoms with Crippen LogP contribution >= 0.6 is 24.0 Å². The second kappa shape index (κ2) is 56.6.